The van der Waals surface area contributed by atoms with E-state index in [1.54, 1.807) is 0 Å². The maximum Gasteiger partial charge on any atom is 0.254 e. The Morgan fingerprint density at radius 3 is 2.28 bits per heavy atom. The molecule has 3 nitrogen and oxygen atoms in total. The Hall–Kier alpha value is -1.51. The zero-order chi connectivity index (χ0) is 12.8. The number of fused-ring (bicyclic) bond motifs is 1. The van der Waals surface area contributed by atoms with Crippen LogP contribution in [0.4, 0.5) is 0 Å². The van der Waals surface area contributed by atoms with Crippen LogP contribution in [0.1, 0.15) is 39.5 Å². The minimum atomic E-state index is -0.729. The van der Waals surface area contributed by atoms with E-state index in [9.17, 15) is 4.79 Å². The molecule has 3 rings (SSSR count). The van der Waals surface area contributed by atoms with E-state index in [1.807, 2.05) is 31.2 Å². The molecule has 0 unspecified atom stereocenters. The van der Waals surface area contributed by atoms with Crippen LogP contribution in [-0.2, 0) is 4.79 Å². The highest BCUT2D eigenvalue weighted by Crippen LogP contribution is 2.51. The normalized spacial score (nSPS) is 29.3. The minimum Gasteiger partial charge on any atom is -0.448 e. The van der Waals surface area contributed by atoms with Crippen molar-refractivity contribution in [2.24, 2.45) is 5.41 Å². The molecule has 1 aliphatic carbocycles. The molecule has 0 bridgehead atoms. The smallest absolute Gasteiger partial charge is 0.254 e. The Labute approximate surface area is 107 Å². The van der Waals surface area contributed by atoms with E-state index in [1.165, 1.54) is 0 Å². The van der Waals surface area contributed by atoms with Crippen LogP contribution < -0.4 is 9.47 Å². The first kappa shape index (κ1) is 11.6. The highest BCUT2D eigenvalue weighted by molar-refractivity contribution is 5.80. The van der Waals surface area contributed by atoms with Gasteiger partial charge >= 0.3 is 0 Å². The second-order valence-electron chi connectivity index (χ2n) is 5.73. The Morgan fingerprint density at radius 1 is 1.11 bits per heavy atom. The molecule has 0 saturated heterocycles. The van der Waals surface area contributed by atoms with Crippen LogP contribution in [0.5, 0.6) is 11.5 Å². The maximum atomic E-state index is 11.7. The van der Waals surface area contributed by atoms with Crippen molar-refractivity contribution >= 4 is 5.78 Å². The van der Waals surface area contributed by atoms with Crippen LogP contribution in [-0.4, -0.2) is 11.6 Å². The zero-order valence-electron chi connectivity index (χ0n) is 10.9. The first-order valence-electron chi connectivity index (χ1n) is 6.51. The van der Waals surface area contributed by atoms with Gasteiger partial charge in [-0.2, -0.15) is 0 Å². The highest BCUT2D eigenvalue weighted by atomic mass is 16.7. The third-order valence-corrected chi connectivity index (χ3v) is 4.33. The molecule has 2 aliphatic rings. The fraction of sp³-hybridized carbons (Fsp3) is 0.533. The van der Waals surface area contributed by atoms with Crippen molar-refractivity contribution in [1.29, 1.82) is 0 Å². The molecule has 0 amide bonds. The topological polar surface area (TPSA) is 35.5 Å². The maximum absolute atomic E-state index is 11.7. The predicted octanol–water partition coefficient (Wildman–Crippen LogP) is 3.32. The molecule has 1 fully saturated rings. The highest BCUT2D eigenvalue weighted by Gasteiger charge is 2.54. The van der Waals surface area contributed by atoms with Gasteiger partial charge in [-0.25, -0.2) is 0 Å². The van der Waals surface area contributed by atoms with Gasteiger partial charge < -0.3 is 9.47 Å². The number of rotatable bonds is 1. The van der Waals surface area contributed by atoms with E-state index in [4.69, 9.17) is 9.47 Å². The third-order valence-electron chi connectivity index (χ3n) is 4.33. The summed E-state index contributed by atoms with van der Waals surface area (Å²) in [5.74, 6) is 1.14. The van der Waals surface area contributed by atoms with Gasteiger partial charge in [0.15, 0.2) is 11.5 Å². The van der Waals surface area contributed by atoms with E-state index >= 15 is 0 Å². The van der Waals surface area contributed by atoms with Crippen LogP contribution in [0.25, 0.3) is 0 Å². The summed E-state index contributed by atoms with van der Waals surface area (Å²) in [6, 6.07) is 7.69. The fourth-order valence-electron chi connectivity index (χ4n) is 2.98. The van der Waals surface area contributed by atoms with Crippen LogP contribution in [0.3, 0.4) is 0 Å². The molecule has 0 spiro atoms. The number of ketones is 1. The van der Waals surface area contributed by atoms with Gasteiger partial charge in [-0.05, 0) is 25.0 Å². The first-order valence-corrected chi connectivity index (χ1v) is 6.51. The van der Waals surface area contributed by atoms with Gasteiger partial charge in [0.2, 0.25) is 0 Å². The number of Topliss-reactive ketones (excluding diaryl/α,β-unsaturated/α-hetero) is 1. The van der Waals surface area contributed by atoms with E-state index in [0.717, 1.165) is 24.3 Å². The van der Waals surface area contributed by atoms with E-state index < -0.39 is 5.79 Å². The van der Waals surface area contributed by atoms with E-state index in [2.05, 4.69) is 6.92 Å². The van der Waals surface area contributed by atoms with Crippen molar-refractivity contribution in [3.05, 3.63) is 24.3 Å². The lowest BCUT2D eigenvalue weighted by Gasteiger charge is -2.43. The van der Waals surface area contributed by atoms with Crippen molar-refractivity contribution in [1.82, 2.24) is 0 Å². The summed E-state index contributed by atoms with van der Waals surface area (Å²) < 4.78 is 12.0. The Kier molecular flexibility index (Phi) is 2.40. The predicted molar refractivity (Wildman–Crippen MR) is 67.7 cm³/mol. The molecule has 1 aromatic carbocycles. The van der Waals surface area contributed by atoms with Crippen LogP contribution in [0.2, 0.25) is 0 Å². The van der Waals surface area contributed by atoms with E-state index in [-0.39, 0.29) is 5.41 Å². The average Bonchev–Trinajstić information content (AvgIpc) is 2.66. The van der Waals surface area contributed by atoms with Crippen LogP contribution >= 0.6 is 0 Å². The second-order valence-corrected chi connectivity index (χ2v) is 5.73. The quantitative estimate of drug-likeness (QED) is 0.762. The average molecular weight is 246 g/mol. The summed E-state index contributed by atoms with van der Waals surface area (Å²) in [6.45, 7) is 4.04. The Bertz CT molecular complexity index is 469. The molecule has 96 valence electrons. The van der Waals surface area contributed by atoms with Crippen molar-refractivity contribution in [3.63, 3.8) is 0 Å². The summed E-state index contributed by atoms with van der Waals surface area (Å²) >= 11 is 0. The monoisotopic (exact) mass is 246 g/mol. The van der Waals surface area contributed by atoms with Gasteiger partial charge in [-0.15, -0.1) is 0 Å². The lowest BCUT2D eigenvalue weighted by atomic mass is 9.69. The van der Waals surface area contributed by atoms with Crippen LogP contribution in [0, 0.1) is 5.41 Å². The summed E-state index contributed by atoms with van der Waals surface area (Å²) in [7, 11) is 0. The Morgan fingerprint density at radius 2 is 1.72 bits per heavy atom. The molecule has 1 aliphatic heterocycles. The first-order chi connectivity index (χ1) is 8.52. The summed E-state index contributed by atoms with van der Waals surface area (Å²) in [5.41, 5.74) is -0.249. The van der Waals surface area contributed by atoms with Gasteiger partial charge in [0, 0.05) is 19.8 Å². The summed E-state index contributed by atoms with van der Waals surface area (Å²) in [5, 5.41) is 0. The zero-order valence-corrected chi connectivity index (χ0v) is 10.9. The van der Waals surface area contributed by atoms with Gasteiger partial charge in [-0.3, -0.25) is 4.79 Å². The fourth-order valence-corrected chi connectivity index (χ4v) is 2.98. The van der Waals surface area contributed by atoms with E-state index in [0.29, 0.717) is 18.6 Å². The summed E-state index contributed by atoms with van der Waals surface area (Å²) in [6.07, 6.45) is 3.12. The SMILES string of the molecule is CC1([C@]2(C)CCCC(=O)C2)Oc2ccccc2O1. The molecule has 1 saturated carbocycles. The number of hydrogen-bond donors (Lipinski definition) is 0. The van der Waals surface area contributed by atoms with Gasteiger partial charge in [0.1, 0.15) is 5.78 Å². The standard InChI is InChI=1S/C15H18O3/c1-14(9-5-6-11(16)10-14)15(2)17-12-7-3-4-8-13(12)18-15/h3-4,7-8H,5-6,9-10H2,1-2H3/t14-/m1/s1. The summed E-state index contributed by atoms with van der Waals surface area (Å²) in [4.78, 5) is 11.7. The molecule has 1 aromatic rings. The minimum absolute atomic E-state index is 0.249. The molecule has 1 atom stereocenters. The molecule has 0 radical (unpaired) electrons. The molecule has 3 heteroatoms. The number of hydrogen-bond acceptors (Lipinski definition) is 3. The second kappa shape index (κ2) is 3.74. The molecule has 0 aromatic heterocycles. The lowest BCUT2D eigenvalue weighted by Crippen LogP contribution is -2.53. The van der Waals surface area contributed by atoms with Gasteiger partial charge in [0.05, 0.1) is 5.41 Å². The number of para-hydroxylation sites is 2. The number of ether oxygens (including phenoxy) is 2. The molecule has 18 heavy (non-hydrogen) atoms. The molecule has 0 N–H and O–H groups in total. The van der Waals surface area contributed by atoms with Crippen molar-refractivity contribution in [2.75, 3.05) is 0 Å². The number of benzene rings is 1. The number of carbonyl (C=O) groups is 1. The Balaban J connectivity index is 1.91. The van der Waals surface area contributed by atoms with Crippen LogP contribution in [0.15, 0.2) is 24.3 Å². The lowest BCUT2D eigenvalue weighted by molar-refractivity contribution is -0.174. The van der Waals surface area contributed by atoms with Crippen molar-refractivity contribution in [2.45, 2.75) is 45.3 Å². The largest absolute Gasteiger partial charge is 0.448 e. The van der Waals surface area contributed by atoms with Crippen molar-refractivity contribution < 1.29 is 14.3 Å². The molecular formula is C15H18O3. The number of carbonyl (C=O) groups excluding carboxylic acids is 1. The molecule has 1 heterocycles. The third kappa shape index (κ3) is 1.61. The van der Waals surface area contributed by atoms with Gasteiger partial charge in [-0.1, -0.05) is 19.1 Å². The van der Waals surface area contributed by atoms with Gasteiger partial charge in [0.25, 0.3) is 5.79 Å². The molecular weight excluding hydrogens is 228 g/mol. The van der Waals surface area contributed by atoms with Crippen molar-refractivity contribution in [3.8, 4) is 11.5 Å².